The average Bonchev–Trinajstić information content (AvgIpc) is 3.69. The van der Waals surface area contributed by atoms with Crippen molar-refractivity contribution >= 4 is 39.9 Å². The molecular formula is C30H24N4O5. The number of esters is 1. The van der Waals surface area contributed by atoms with Crippen LogP contribution in [0.2, 0.25) is 0 Å². The minimum absolute atomic E-state index is 0.0564. The molecular weight excluding hydrogens is 496 g/mol. The van der Waals surface area contributed by atoms with Crippen molar-refractivity contribution in [1.82, 2.24) is 9.97 Å². The maximum atomic E-state index is 12.9. The fourth-order valence-electron chi connectivity index (χ4n) is 4.94. The fraction of sp³-hybridized carbons (Fsp3) is 0.133. The molecule has 1 aliphatic heterocycles. The summed E-state index contributed by atoms with van der Waals surface area (Å²) in [7, 11) is 1.33. The summed E-state index contributed by atoms with van der Waals surface area (Å²) in [5.41, 5.74) is 5.41. The second-order valence-electron chi connectivity index (χ2n) is 9.14. The van der Waals surface area contributed by atoms with Gasteiger partial charge in [0.05, 0.1) is 35.8 Å². The largest absolute Gasteiger partial charge is 0.494 e. The Labute approximate surface area is 223 Å². The molecule has 6 rings (SSSR count). The number of aromatic hydroxyl groups is 1. The number of amides is 1. The highest BCUT2D eigenvalue weighted by Crippen LogP contribution is 2.35. The number of methoxy groups -OCH3 is 1. The zero-order valence-corrected chi connectivity index (χ0v) is 21.0. The molecule has 3 aromatic carbocycles. The van der Waals surface area contributed by atoms with Crippen LogP contribution in [0.4, 0.5) is 11.4 Å². The molecule has 0 aliphatic carbocycles. The molecule has 2 N–H and O–H groups in total. The number of H-pyrrole nitrogens is 1. The molecule has 1 amide bonds. The van der Waals surface area contributed by atoms with Crippen LogP contribution < -0.4 is 4.90 Å². The fourth-order valence-corrected chi connectivity index (χ4v) is 4.94. The van der Waals surface area contributed by atoms with Crippen LogP contribution in [0.3, 0.4) is 0 Å². The number of aromatic amines is 1. The first-order chi connectivity index (χ1) is 19.0. The van der Waals surface area contributed by atoms with Gasteiger partial charge in [-0.1, -0.05) is 36.4 Å². The van der Waals surface area contributed by atoms with E-state index in [0.717, 1.165) is 16.8 Å². The van der Waals surface area contributed by atoms with Crippen LogP contribution in [-0.4, -0.2) is 46.3 Å². The van der Waals surface area contributed by atoms with E-state index in [-0.39, 0.29) is 18.2 Å². The summed E-state index contributed by atoms with van der Waals surface area (Å²) in [5.74, 6) is -0.207. The summed E-state index contributed by atoms with van der Waals surface area (Å²) in [6.45, 7) is 0.569. The van der Waals surface area contributed by atoms with E-state index in [1.807, 2.05) is 48.5 Å². The van der Waals surface area contributed by atoms with E-state index in [4.69, 9.17) is 14.1 Å². The van der Waals surface area contributed by atoms with Crippen molar-refractivity contribution in [2.24, 2.45) is 4.99 Å². The number of nitrogens with one attached hydrogen (secondary N) is 1. The normalized spacial score (nSPS) is 13.1. The summed E-state index contributed by atoms with van der Waals surface area (Å²) in [5, 5.41) is 11.7. The lowest BCUT2D eigenvalue weighted by atomic mass is 10.00. The van der Waals surface area contributed by atoms with Gasteiger partial charge >= 0.3 is 5.97 Å². The third-order valence-corrected chi connectivity index (χ3v) is 6.77. The second kappa shape index (κ2) is 9.94. The number of nitrogens with zero attached hydrogens (tertiary/aromatic N) is 3. The third-order valence-electron chi connectivity index (χ3n) is 6.77. The van der Waals surface area contributed by atoms with Gasteiger partial charge in [0, 0.05) is 28.7 Å². The lowest BCUT2D eigenvalue weighted by Crippen LogP contribution is -2.30. The molecule has 2 aromatic heterocycles. The van der Waals surface area contributed by atoms with Crippen LogP contribution in [0.1, 0.15) is 32.9 Å². The van der Waals surface area contributed by atoms with E-state index in [0.29, 0.717) is 52.3 Å². The molecule has 0 saturated heterocycles. The van der Waals surface area contributed by atoms with Gasteiger partial charge in [0.15, 0.2) is 5.88 Å². The Morgan fingerprint density at radius 2 is 1.95 bits per heavy atom. The number of hydrogen-bond donors (Lipinski definition) is 2. The minimum atomic E-state index is -0.462. The zero-order valence-electron chi connectivity index (χ0n) is 21.0. The van der Waals surface area contributed by atoms with Crippen molar-refractivity contribution in [2.45, 2.75) is 12.8 Å². The van der Waals surface area contributed by atoms with Crippen molar-refractivity contribution in [1.29, 1.82) is 0 Å². The van der Waals surface area contributed by atoms with Gasteiger partial charge < -0.3 is 24.1 Å². The van der Waals surface area contributed by atoms with Gasteiger partial charge in [-0.05, 0) is 42.3 Å². The van der Waals surface area contributed by atoms with Gasteiger partial charge in [0.2, 0.25) is 11.8 Å². The lowest BCUT2D eigenvalue weighted by molar-refractivity contribution is -0.118. The molecule has 0 bridgehead atoms. The molecule has 39 heavy (non-hydrogen) atoms. The van der Waals surface area contributed by atoms with Gasteiger partial charge in [-0.15, -0.1) is 0 Å². The number of oxazole rings is 1. The molecule has 3 heterocycles. The van der Waals surface area contributed by atoms with Crippen LogP contribution in [0, 0.1) is 0 Å². The topological polar surface area (TPSA) is 121 Å². The first-order valence-corrected chi connectivity index (χ1v) is 12.4. The number of carbonyl (C=O) groups excluding carboxylic acids is 2. The van der Waals surface area contributed by atoms with Gasteiger partial charge in [-0.25, -0.2) is 14.8 Å². The molecule has 9 heteroatoms. The van der Waals surface area contributed by atoms with E-state index in [1.54, 1.807) is 23.1 Å². The van der Waals surface area contributed by atoms with Crippen LogP contribution >= 0.6 is 0 Å². The minimum Gasteiger partial charge on any atom is -0.494 e. The van der Waals surface area contributed by atoms with Gasteiger partial charge in [0.25, 0.3) is 0 Å². The summed E-state index contributed by atoms with van der Waals surface area (Å²) in [4.78, 5) is 38.6. The molecule has 0 saturated carbocycles. The van der Waals surface area contributed by atoms with Gasteiger partial charge in [0.1, 0.15) is 12.7 Å². The maximum Gasteiger partial charge on any atom is 0.337 e. The molecule has 0 spiro atoms. The molecule has 0 fully saturated rings. The standard InChI is InChI=1S/C30H24N4O5/c1-38-30(37)20-7-9-22-23(16-20)33-29(36)27(22)28(18-5-3-2-4-6-18)32-21-8-10-24-19(15-21)11-13-34(24)26(35)17-25-31-12-14-39-25/h2-10,12,14-16,33,36H,11,13,17H2,1H3. The Hall–Kier alpha value is -5.18. The highest BCUT2D eigenvalue weighted by atomic mass is 16.5. The molecule has 0 unspecified atom stereocenters. The van der Waals surface area contributed by atoms with Gasteiger partial charge in [-0.2, -0.15) is 0 Å². The smallest absolute Gasteiger partial charge is 0.337 e. The Morgan fingerprint density at radius 3 is 2.72 bits per heavy atom. The Bertz CT molecular complexity index is 1720. The number of carbonyl (C=O) groups is 2. The Kier molecular flexibility index (Phi) is 6.16. The zero-order chi connectivity index (χ0) is 26.9. The van der Waals surface area contributed by atoms with Crippen LogP contribution in [-0.2, 0) is 22.4 Å². The van der Waals surface area contributed by atoms with Crippen LogP contribution in [0.5, 0.6) is 5.88 Å². The van der Waals surface area contributed by atoms with E-state index in [9.17, 15) is 14.7 Å². The van der Waals surface area contributed by atoms with E-state index < -0.39 is 5.97 Å². The van der Waals surface area contributed by atoms with Crippen molar-refractivity contribution in [3.63, 3.8) is 0 Å². The van der Waals surface area contributed by atoms with Crippen molar-refractivity contribution in [2.75, 3.05) is 18.6 Å². The molecule has 0 radical (unpaired) electrons. The van der Waals surface area contributed by atoms with E-state index in [2.05, 4.69) is 9.97 Å². The number of fused-ring (bicyclic) bond motifs is 2. The Balaban J connectivity index is 1.40. The highest BCUT2D eigenvalue weighted by molar-refractivity contribution is 6.22. The van der Waals surface area contributed by atoms with Crippen molar-refractivity contribution < 1.29 is 23.8 Å². The number of hydrogen-bond acceptors (Lipinski definition) is 7. The molecule has 0 atom stereocenters. The number of rotatable bonds is 6. The number of anilines is 1. The third kappa shape index (κ3) is 4.54. The van der Waals surface area contributed by atoms with E-state index >= 15 is 0 Å². The van der Waals surface area contributed by atoms with Gasteiger partial charge in [-0.3, -0.25) is 4.79 Å². The summed E-state index contributed by atoms with van der Waals surface area (Å²) in [6.07, 6.45) is 3.78. The number of aliphatic imine (C=N–C) groups is 1. The number of benzene rings is 3. The maximum absolute atomic E-state index is 12.9. The first kappa shape index (κ1) is 24.2. The molecule has 9 nitrogen and oxygen atoms in total. The van der Waals surface area contributed by atoms with Crippen molar-refractivity contribution in [3.8, 4) is 5.88 Å². The summed E-state index contributed by atoms with van der Waals surface area (Å²) >= 11 is 0. The Morgan fingerprint density at radius 1 is 1.10 bits per heavy atom. The number of ether oxygens (including phenoxy) is 1. The van der Waals surface area contributed by atoms with Crippen molar-refractivity contribution in [3.05, 3.63) is 107 Å². The lowest BCUT2D eigenvalue weighted by Gasteiger charge is -2.16. The van der Waals surface area contributed by atoms with Crippen LogP contribution in [0.15, 0.2) is 88.6 Å². The molecule has 1 aliphatic rings. The molecule has 5 aromatic rings. The predicted molar refractivity (Wildman–Crippen MR) is 146 cm³/mol. The highest BCUT2D eigenvalue weighted by Gasteiger charge is 2.26. The predicted octanol–water partition coefficient (Wildman–Crippen LogP) is 4.95. The SMILES string of the molecule is COC(=O)c1ccc2c(C(=Nc3ccc4c(c3)CCN4C(=O)Cc3ncco3)c3ccccc3)c(O)[nH]c2c1. The molecule has 194 valence electrons. The second-order valence-corrected chi connectivity index (χ2v) is 9.14. The summed E-state index contributed by atoms with van der Waals surface area (Å²) < 4.78 is 10.1. The average molecular weight is 521 g/mol. The number of aromatic nitrogens is 2. The first-order valence-electron chi connectivity index (χ1n) is 12.4. The quantitative estimate of drug-likeness (QED) is 0.241. The monoisotopic (exact) mass is 520 g/mol. The summed E-state index contributed by atoms with van der Waals surface area (Å²) in [6, 6.07) is 20.4. The van der Waals surface area contributed by atoms with E-state index in [1.165, 1.54) is 19.6 Å². The van der Waals surface area contributed by atoms with Crippen LogP contribution in [0.25, 0.3) is 10.9 Å².